The maximum Gasteiger partial charge on any atom is 0.328 e. The second-order valence-electron chi connectivity index (χ2n) is 3.09. The van der Waals surface area contributed by atoms with Crippen LogP contribution in [0.5, 0.6) is 5.75 Å². The number of nitrogens with one attached hydrogen (secondary N) is 1. The lowest BCUT2D eigenvalue weighted by molar-refractivity contribution is -0.131. The van der Waals surface area contributed by atoms with Crippen LogP contribution >= 0.6 is 31.9 Å². The summed E-state index contributed by atoms with van der Waals surface area (Å²) in [6.07, 6.45) is 2.63. The Labute approximate surface area is 116 Å². The van der Waals surface area contributed by atoms with Crippen molar-refractivity contribution in [3.05, 3.63) is 33.2 Å². The molecule has 0 saturated heterocycles. The summed E-state index contributed by atoms with van der Waals surface area (Å²) in [7, 11) is 1.59. The van der Waals surface area contributed by atoms with E-state index >= 15 is 0 Å². The van der Waals surface area contributed by atoms with E-state index in [1.54, 1.807) is 7.11 Å². The predicted octanol–water partition coefficient (Wildman–Crippen LogP) is 3.27. The van der Waals surface area contributed by atoms with Gasteiger partial charge in [-0.3, -0.25) is 0 Å². The van der Waals surface area contributed by atoms with E-state index in [0.717, 1.165) is 20.7 Å². The number of carboxylic acids is 1. The van der Waals surface area contributed by atoms with Crippen molar-refractivity contribution in [3.63, 3.8) is 0 Å². The highest BCUT2D eigenvalue weighted by molar-refractivity contribution is 9.11. The highest BCUT2D eigenvalue weighted by atomic mass is 79.9. The molecule has 17 heavy (non-hydrogen) atoms. The van der Waals surface area contributed by atoms with Crippen LogP contribution in [0.2, 0.25) is 0 Å². The zero-order valence-electron chi connectivity index (χ0n) is 9.04. The lowest BCUT2D eigenvalue weighted by Crippen LogP contribution is -2.01. The Morgan fingerprint density at radius 3 is 2.76 bits per heavy atom. The number of halogens is 2. The summed E-state index contributed by atoms with van der Waals surface area (Å²) in [5, 5.41) is 11.5. The van der Waals surface area contributed by atoms with Crippen molar-refractivity contribution < 1.29 is 14.6 Å². The Morgan fingerprint density at radius 1 is 1.47 bits per heavy atom. The summed E-state index contributed by atoms with van der Waals surface area (Å²) >= 11 is 6.77. The van der Waals surface area contributed by atoms with Crippen molar-refractivity contribution in [1.82, 2.24) is 0 Å². The number of rotatable bonds is 5. The van der Waals surface area contributed by atoms with Crippen LogP contribution in [0.3, 0.4) is 0 Å². The molecule has 92 valence electrons. The Kier molecular flexibility index (Phi) is 5.50. The molecule has 0 bridgehead atoms. The largest absolute Gasteiger partial charge is 0.495 e. The van der Waals surface area contributed by atoms with Gasteiger partial charge in [-0.05, 0) is 37.9 Å². The second kappa shape index (κ2) is 6.66. The number of methoxy groups -OCH3 is 1. The molecule has 6 heteroatoms. The lowest BCUT2D eigenvalue weighted by atomic mass is 10.3. The highest BCUT2D eigenvalue weighted by Crippen LogP contribution is 2.34. The minimum absolute atomic E-state index is 0.426. The van der Waals surface area contributed by atoms with Crippen molar-refractivity contribution >= 4 is 43.5 Å². The van der Waals surface area contributed by atoms with Crippen LogP contribution < -0.4 is 10.1 Å². The number of ether oxygens (including phenoxy) is 1. The summed E-state index contributed by atoms with van der Waals surface area (Å²) in [4.78, 5) is 10.3. The number of anilines is 1. The van der Waals surface area contributed by atoms with Gasteiger partial charge in [0.05, 0.1) is 17.3 Å². The van der Waals surface area contributed by atoms with Crippen LogP contribution in [0, 0.1) is 0 Å². The quantitative estimate of drug-likeness (QED) is 0.787. The van der Waals surface area contributed by atoms with E-state index in [1.165, 1.54) is 6.08 Å². The topological polar surface area (TPSA) is 58.6 Å². The number of hydrogen-bond acceptors (Lipinski definition) is 3. The Hall–Kier alpha value is -1.01. The van der Waals surface area contributed by atoms with E-state index in [4.69, 9.17) is 9.84 Å². The van der Waals surface area contributed by atoms with Gasteiger partial charge in [-0.2, -0.15) is 0 Å². The monoisotopic (exact) mass is 363 g/mol. The van der Waals surface area contributed by atoms with Gasteiger partial charge in [-0.1, -0.05) is 6.08 Å². The predicted molar refractivity (Wildman–Crippen MR) is 73.7 cm³/mol. The first kappa shape index (κ1) is 14.1. The third kappa shape index (κ3) is 4.40. The fourth-order valence-electron chi connectivity index (χ4n) is 1.15. The average molecular weight is 365 g/mol. The van der Waals surface area contributed by atoms with Gasteiger partial charge in [0.1, 0.15) is 5.75 Å². The first-order valence-electron chi connectivity index (χ1n) is 4.71. The fourth-order valence-corrected chi connectivity index (χ4v) is 2.45. The first-order chi connectivity index (χ1) is 8.04. The normalized spacial score (nSPS) is 10.5. The zero-order chi connectivity index (χ0) is 12.8. The minimum Gasteiger partial charge on any atom is -0.495 e. The van der Waals surface area contributed by atoms with Crippen molar-refractivity contribution in [1.29, 1.82) is 0 Å². The second-order valence-corrected chi connectivity index (χ2v) is 4.80. The molecule has 0 atom stereocenters. The molecule has 0 aliphatic rings. The Balaban J connectivity index is 2.74. The van der Waals surface area contributed by atoms with E-state index in [-0.39, 0.29) is 0 Å². The van der Waals surface area contributed by atoms with Gasteiger partial charge in [0.15, 0.2) is 0 Å². The molecule has 1 rings (SSSR count). The van der Waals surface area contributed by atoms with E-state index < -0.39 is 5.97 Å². The van der Waals surface area contributed by atoms with E-state index in [0.29, 0.717) is 12.3 Å². The minimum atomic E-state index is -0.959. The molecule has 0 saturated carbocycles. The molecule has 0 amide bonds. The maximum atomic E-state index is 10.3. The summed E-state index contributed by atoms with van der Waals surface area (Å²) < 4.78 is 6.88. The smallest absolute Gasteiger partial charge is 0.328 e. The number of aliphatic carboxylic acids is 1. The van der Waals surface area contributed by atoms with E-state index in [1.807, 2.05) is 12.1 Å². The van der Waals surface area contributed by atoms with Gasteiger partial charge in [0.2, 0.25) is 0 Å². The van der Waals surface area contributed by atoms with E-state index in [2.05, 4.69) is 37.2 Å². The number of benzene rings is 1. The Morgan fingerprint density at radius 2 is 2.18 bits per heavy atom. The third-order valence-corrected chi connectivity index (χ3v) is 3.19. The first-order valence-corrected chi connectivity index (χ1v) is 6.29. The Bertz CT molecular complexity index is 447. The molecule has 1 aromatic carbocycles. The number of carboxylic acid groups (broad SMARTS) is 1. The molecule has 0 aliphatic carbocycles. The van der Waals surface area contributed by atoms with Gasteiger partial charge in [0.25, 0.3) is 0 Å². The van der Waals surface area contributed by atoms with Gasteiger partial charge < -0.3 is 15.2 Å². The van der Waals surface area contributed by atoms with Crippen LogP contribution in [-0.2, 0) is 4.79 Å². The maximum absolute atomic E-state index is 10.3. The number of carbonyl (C=O) groups is 1. The fraction of sp³-hybridized carbons (Fsp3) is 0.182. The van der Waals surface area contributed by atoms with Crippen LogP contribution in [0.4, 0.5) is 5.69 Å². The summed E-state index contributed by atoms with van der Waals surface area (Å²) in [6, 6.07) is 3.69. The third-order valence-electron chi connectivity index (χ3n) is 1.91. The van der Waals surface area contributed by atoms with Crippen molar-refractivity contribution in [3.8, 4) is 5.75 Å². The molecular formula is C11H11Br2NO3. The summed E-state index contributed by atoms with van der Waals surface area (Å²) in [6.45, 7) is 0.426. The van der Waals surface area contributed by atoms with Crippen molar-refractivity contribution in [2.24, 2.45) is 0 Å². The molecular weight excluding hydrogens is 354 g/mol. The molecule has 0 spiro atoms. The standard InChI is InChI=1S/C11H11Br2NO3/c1-17-10-6-9(7(12)5-8(10)13)14-4-2-3-11(15)16/h2-3,5-6,14H,4H2,1H3,(H,15,16)/b3-2+. The molecule has 0 aliphatic heterocycles. The molecule has 4 nitrogen and oxygen atoms in total. The SMILES string of the molecule is COc1cc(NC/C=C/C(=O)O)c(Br)cc1Br. The van der Waals surface area contributed by atoms with Gasteiger partial charge in [-0.25, -0.2) is 4.79 Å². The molecule has 0 heterocycles. The lowest BCUT2D eigenvalue weighted by Gasteiger charge is -2.10. The molecule has 0 unspecified atom stereocenters. The average Bonchev–Trinajstić information content (AvgIpc) is 2.26. The molecule has 1 aromatic rings. The summed E-state index contributed by atoms with van der Waals surface area (Å²) in [5.74, 6) is -0.253. The highest BCUT2D eigenvalue weighted by Gasteiger charge is 2.06. The molecule has 0 fully saturated rings. The van der Waals surface area contributed by atoms with Crippen LogP contribution in [0.15, 0.2) is 33.2 Å². The van der Waals surface area contributed by atoms with Crippen molar-refractivity contribution in [2.75, 3.05) is 19.0 Å². The van der Waals surface area contributed by atoms with Gasteiger partial charge in [0, 0.05) is 23.2 Å². The zero-order valence-corrected chi connectivity index (χ0v) is 12.2. The van der Waals surface area contributed by atoms with Gasteiger partial charge in [-0.15, -0.1) is 0 Å². The van der Waals surface area contributed by atoms with Crippen LogP contribution in [0.1, 0.15) is 0 Å². The van der Waals surface area contributed by atoms with Gasteiger partial charge >= 0.3 is 5.97 Å². The number of hydrogen-bond donors (Lipinski definition) is 2. The molecule has 2 N–H and O–H groups in total. The van der Waals surface area contributed by atoms with E-state index in [9.17, 15) is 4.79 Å². The van der Waals surface area contributed by atoms with Crippen LogP contribution in [0.25, 0.3) is 0 Å². The van der Waals surface area contributed by atoms with Crippen molar-refractivity contribution in [2.45, 2.75) is 0 Å². The molecule has 0 aromatic heterocycles. The van der Waals surface area contributed by atoms with Crippen LogP contribution in [-0.4, -0.2) is 24.7 Å². The molecule has 0 radical (unpaired) electrons. The summed E-state index contributed by atoms with van der Waals surface area (Å²) in [5.41, 5.74) is 0.833.